The predicted octanol–water partition coefficient (Wildman–Crippen LogP) is 3.81. The van der Waals surface area contributed by atoms with Crippen molar-refractivity contribution in [2.24, 2.45) is 0 Å². The van der Waals surface area contributed by atoms with Gasteiger partial charge in [-0.2, -0.15) is 0 Å². The fraction of sp³-hybridized carbons (Fsp3) is 0.379. The smallest absolute Gasteiger partial charge is 0.413 e. The van der Waals surface area contributed by atoms with E-state index in [9.17, 15) is 29.1 Å². The van der Waals surface area contributed by atoms with Gasteiger partial charge in [0, 0.05) is 23.6 Å². The molecule has 0 bridgehead atoms. The number of amides is 3. The number of benzene rings is 1. The van der Waals surface area contributed by atoms with E-state index in [4.69, 9.17) is 9.47 Å². The second-order valence-electron chi connectivity index (χ2n) is 10.7. The minimum absolute atomic E-state index is 0.209. The minimum Gasteiger partial charge on any atom is -0.477 e. The van der Waals surface area contributed by atoms with Crippen LogP contribution in [0.4, 0.5) is 9.93 Å². The molecular formula is C29H32N4O8S2. The largest absolute Gasteiger partial charge is 0.477 e. The van der Waals surface area contributed by atoms with Crippen molar-refractivity contribution in [3.63, 3.8) is 0 Å². The maximum Gasteiger partial charge on any atom is 0.413 e. The van der Waals surface area contributed by atoms with Gasteiger partial charge in [-0.15, -0.1) is 23.1 Å². The Bertz CT molecular complexity index is 1480. The van der Waals surface area contributed by atoms with Gasteiger partial charge in [0.15, 0.2) is 5.13 Å². The third kappa shape index (κ3) is 8.02. The second kappa shape index (κ2) is 13.4. The van der Waals surface area contributed by atoms with Crippen molar-refractivity contribution in [2.75, 3.05) is 17.7 Å². The lowest BCUT2D eigenvalue weighted by atomic mass is 10.0. The molecule has 2 aromatic rings. The highest BCUT2D eigenvalue weighted by Gasteiger charge is 2.54. The first kappa shape index (κ1) is 31.8. The van der Waals surface area contributed by atoms with Crippen LogP contribution in [0.2, 0.25) is 0 Å². The Morgan fingerprint density at radius 3 is 2.56 bits per heavy atom. The number of β-lactam (4-membered cyclic amide) rings is 1. The molecule has 43 heavy (non-hydrogen) atoms. The van der Waals surface area contributed by atoms with Crippen molar-refractivity contribution in [2.45, 2.75) is 57.6 Å². The first-order valence-electron chi connectivity index (χ1n) is 13.4. The highest BCUT2D eigenvalue weighted by Crippen LogP contribution is 2.40. The molecule has 12 nitrogen and oxygen atoms in total. The number of aryl methyl sites for hydroxylation is 1. The molecule has 3 heterocycles. The van der Waals surface area contributed by atoms with E-state index in [0.29, 0.717) is 24.1 Å². The van der Waals surface area contributed by atoms with Crippen molar-refractivity contribution in [1.82, 2.24) is 15.2 Å². The standard InChI is InChI=1S/C29H32N4O8S2/c1-16(34)40-13-18-14-42-25-21(24(36)33(25)22(18)26(37)38)31-23(35)19(12-8-11-17-9-6-5-7-10-17)20-15-43-27(30-20)32-28(39)41-29(2,3)4/h5-7,9-10,12,15,21,25H,8,11,13-14H2,1-4H3,(H,31,35)(H,37,38)(H,30,32,39)/b19-12-/t21?,25-/m0/s1. The molecule has 2 atom stereocenters. The molecule has 1 aromatic carbocycles. The lowest BCUT2D eigenvalue weighted by Crippen LogP contribution is -2.70. The number of aliphatic carboxylic acids is 1. The number of carboxylic acids is 1. The third-order valence-electron chi connectivity index (χ3n) is 6.24. The molecule has 0 radical (unpaired) electrons. The van der Waals surface area contributed by atoms with Gasteiger partial charge in [-0.3, -0.25) is 24.6 Å². The SMILES string of the molecule is CC(=O)OCC1=C(C(=O)O)N2C(=O)C(NC(=O)/C(=C\CCc3ccccc3)c3csc(NC(=O)OC(C)(C)C)n3)[C@@H]2SC1. The van der Waals surface area contributed by atoms with Crippen LogP contribution in [0.5, 0.6) is 0 Å². The van der Waals surface area contributed by atoms with E-state index in [-0.39, 0.29) is 28.8 Å². The molecule has 0 aliphatic carbocycles. The van der Waals surface area contributed by atoms with Gasteiger partial charge >= 0.3 is 18.0 Å². The Labute approximate surface area is 256 Å². The van der Waals surface area contributed by atoms with Crippen LogP contribution in [0, 0.1) is 0 Å². The van der Waals surface area contributed by atoms with Gasteiger partial charge in [-0.25, -0.2) is 14.6 Å². The number of nitrogens with one attached hydrogen (secondary N) is 2. The molecule has 1 saturated heterocycles. The van der Waals surface area contributed by atoms with Crippen LogP contribution in [0.3, 0.4) is 0 Å². The number of allylic oxidation sites excluding steroid dienone is 1. The van der Waals surface area contributed by atoms with E-state index in [2.05, 4.69) is 15.6 Å². The van der Waals surface area contributed by atoms with Crippen molar-refractivity contribution in [3.05, 3.63) is 64.3 Å². The average molecular weight is 629 g/mol. The van der Waals surface area contributed by atoms with Crippen LogP contribution in [-0.2, 0) is 35.1 Å². The Kier molecular flexibility index (Phi) is 9.91. The number of esters is 1. The topological polar surface area (TPSA) is 164 Å². The summed E-state index contributed by atoms with van der Waals surface area (Å²) in [5.41, 5.74) is 0.944. The number of ether oxygens (including phenoxy) is 2. The zero-order valence-electron chi connectivity index (χ0n) is 24.0. The molecule has 2 aliphatic heterocycles. The summed E-state index contributed by atoms with van der Waals surface area (Å²) in [5, 5.41) is 16.3. The van der Waals surface area contributed by atoms with Crippen molar-refractivity contribution in [3.8, 4) is 0 Å². The van der Waals surface area contributed by atoms with Gasteiger partial charge in [0.1, 0.15) is 29.3 Å². The summed E-state index contributed by atoms with van der Waals surface area (Å²) in [4.78, 5) is 67.7. The fourth-order valence-electron chi connectivity index (χ4n) is 4.39. The van der Waals surface area contributed by atoms with Gasteiger partial charge in [0.25, 0.3) is 11.8 Å². The lowest BCUT2D eigenvalue weighted by molar-refractivity contribution is -0.150. The monoisotopic (exact) mass is 628 g/mol. The number of thioether (sulfide) groups is 1. The number of anilines is 1. The van der Waals surface area contributed by atoms with Crippen molar-refractivity contribution in [1.29, 1.82) is 0 Å². The summed E-state index contributed by atoms with van der Waals surface area (Å²) in [5.74, 6) is -2.83. The highest BCUT2D eigenvalue weighted by molar-refractivity contribution is 8.00. The van der Waals surface area contributed by atoms with Crippen LogP contribution < -0.4 is 10.6 Å². The van der Waals surface area contributed by atoms with E-state index >= 15 is 0 Å². The second-order valence-corrected chi connectivity index (χ2v) is 12.7. The van der Waals surface area contributed by atoms with Crippen LogP contribution in [0.25, 0.3) is 5.57 Å². The maximum atomic E-state index is 13.6. The summed E-state index contributed by atoms with van der Waals surface area (Å²) in [6, 6.07) is 8.75. The van der Waals surface area contributed by atoms with Gasteiger partial charge in [0.05, 0.1) is 11.3 Å². The number of thiazole rings is 1. The molecule has 1 aromatic heterocycles. The normalized spacial score (nSPS) is 18.4. The number of fused-ring (bicyclic) bond motifs is 1. The quantitative estimate of drug-likeness (QED) is 0.200. The number of carbonyl (C=O) groups excluding carboxylic acids is 4. The lowest BCUT2D eigenvalue weighted by Gasteiger charge is -2.49. The number of hydrogen-bond donors (Lipinski definition) is 3. The summed E-state index contributed by atoms with van der Waals surface area (Å²) in [6.07, 6.45) is 2.19. The number of aromatic nitrogens is 1. The van der Waals surface area contributed by atoms with Crippen LogP contribution >= 0.6 is 23.1 Å². The van der Waals surface area contributed by atoms with E-state index in [1.54, 1.807) is 32.2 Å². The molecule has 2 aliphatic rings. The van der Waals surface area contributed by atoms with Crippen LogP contribution in [0.15, 0.2) is 53.1 Å². The van der Waals surface area contributed by atoms with E-state index < -0.39 is 46.9 Å². The van der Waals surface area contributed by atoms with Gasteiger partial charge < -0.3 is 19.9 Å². The molecule has 228 valence electrons. The summed E-state index contributed by atoms with van der Waals surface area (Å²) in [7, 11) is 0. The zero-order chi connectivity index (χ0) is 31.3. The molecule has 0 saturated carbocycles. The van der Waals surface area contributed by atoms with Crippen LogP contribution in [-0.4, -0.2) is 74.2 Å². The summed E-state index contributed by atoms with van der Waals surface area (Å²) < 4.78 is 10.2. The third-order valence-corrected chi connectivity index (χ3v) is 8.34. The first-order valence-corrected chi connectivity index (χ1v) is 15.3. The van der Waals surface area contributed by atoms with Crippen molar-refractivity contribution >= 4 is 63.6 Å². The van der Waals surface area contributed by atoms with Gasteiger partial charge in [-0.05, 0) is 39.2 Å². The van der Waals surface area contributed by atoms with E-state index in [1.807, 2.05) is 30.3 Å². The van der Waals surface area contributed by atoms with Crippen LogP contribution in [0.1, 0.15) is 45.4 Å². The molecular weight excluding hydrogens is 596 g/mol. The molecule has 1 unspecified atom stereocenters. The number of carboxylic acid groups (broad SMARTS) is 1. The van der Waals surface area contributed by atoms with Gasteiger partial charge in [-0.1, -0.05) is 36.4 Å². The first-order chi connectivity index (χ1) is 20.3. The molecule has 3 amide bonds. The zero-order valence-corrected chi connectivity index (χ0v) is 25.7. The van der Waals surface area contributed by atoms with Gasteiger partial charge in [0.2, 0.25) is 0 Å². The Balaban J connectivity index is 1.52. The van der Waals surface area contributed by atoms with E-state index in [0.717, 1.165) is 21.8 Å². The summed E-state index contributed by atoms with van der Waals surface area (Å²) >= 11 is 2.39. The van der Waals surface area contributed by atoms with Crippen molar-refractivity contribution < 1.29 is 38.6 Å². The average Bonchev–Trinajstić information content (AvgIpc) is 3.39. The number of nitrogens with zero attached hydrogens (tertiary/aromatic N) is 2. The number of rotatable bonds is 10. The maximum absolute atomic E-state index is 13.6. The molecule has 3 N–H and O–H groups in total. The highest BCUT2D eigenvalue weighted by atomic mass is 32.2. The minimum atomic E-state index is -1.32. The molecule has 1 fully saturated rings. The molecule has 0 spiro atoms. The predicted molar refractivity (Wildman–Crippen MR) is 161 cm³/mol. The number of carbonyl (C=O) groups is 5. The molecule has 4 rings (SSSR count). The summed E-state index contributed by atoms with van der Waals surface area (Å²) in [6.45, 7) is 6.18. The Hall–Kier alpha value is -4.17. The van der Waals surface area contributed by atoms with E-state index in [1.165, 1.54) is 18.7 Å². The molecule has 14 heteroatoms. The number of hydrogen-bond acceptors (Lipinski definition) is 10. The Morgan fingerprint density at radius 1 is 1.19 bits per heavy atom. The fourth-order valence-corrected chi connectivity index (χ4v) is 6.41. The Morgan fingerprint density at radius 2 is 1.91 bits per heavy atom.